The van der Waals surface area contributed by atoms with E-state index in [0.717, 1.165) is 36.2 Å². The summed E-state index contributed by atoms with van der Waals surface area (Å²) in [6.07, 6.45) is 6.06. The van der Waals surface area contributed by atoms with Gasteiger partial charge in [-0.05, 0) is 37.0 Å². The van der Waals surface area contributed by atoms with Crippen LogP contribution in [0.4, 0.5) is 5.69 Å². The molecule has 0 saturated carbocycles. The zero-order chi connectivity index (χ0) is 17.4. The molecule has 4 rings (SSSR count). The number of carbonyl (C=O) groups is 2. The summed E-state index contributed by atoms with van der Waals surface area (Å²) in [7, 11) is 0. The van der Waals surface area contributed by atoms with E-state index in [4.69, 9.17) is 0 Å². The van der Waals surface area contributed by atoms with Gasteiger partial charge in [-0.3, -0.25) is 14.3 Å². The maximum Gasteiger partial charge on any atom is 0.232 e. The number of aromatic nitrogens is 2. The van der Waals surface area contributed by atoms with Crippen molar-refractivity contribution in [3.63, 3.8) is 0 Å². The van der Waals surface area contributed by atoms with Crippen LogP contribution in [0.5, 0.6) is 0 Å². The molecule has 25 heavy (non-hydrogen) atoms. The number of carbonyl (C=O) groups excluding carboxylic acids is 2. The summed E-state index contributed by atoms with van der Waals surface area (Å²) in [6, 6.07) is 7.78. The van der Waals surface area contributed by atoms with Gasteiger partial charge < -0.3 is 10.2 Å². The van der Waals surface area contributed by atoms with E-state index in [1.807, 2.05) is 53.2 Å². The molecule has 2 aliphatic heterocycles. The van der Waals surface area contributed by atoms with Crippen LogP contribution >= 0.6 is 0 Å². The Morgan fingerprint density at radius 3 is 3.00 bits per heavy atom. The van der Waals surface area contributed by atoms with Crippen molar-refractivity contribution in [2.75, 3.05) is 11.9 Å². The minimum atomic E-state index is -0.378. The van der Waals surface area contributed by atoms with E-state index >= 15 is 0 Å². The second-order valence-electron chi connectivity index (χ2n) is 6.96. The van der Waals surface area contributed by atoms with Gasteiger partial charge in [0.1, 0.15) is 0 Å². The van der Waals surface area contributed by atoms with Crippen molar-refractivity contribution in [3.05, 3.63) is 47.8 Å². The SMILES string of the molecule is Cc1cnn(C[C@H]2CCCN2C(=O)C[C@H]2C(=O)Nc3ccccc32)c1. The molecule has 2 amide bonds. The molecule has 1 saturated heterocycles. The van der Waals surface area contributed by atoms with Crippen LogP contribution in [-0.4, -0.2) is 39.1 Å². The molecule has 2 atom stereocenters. The monoisotopic (exact) mass is 338 g/mol. The van der Waals surface area contributed by atoms with Crippen molar-refractivity contribution < 1.29 is 9.59 Å². The Morgan fingerprint density at radius 1 is 1.36 bits per heavy atom. The average Bonchev–Trinajstić information content (AvgIpc) is 3.29. The number of amides is 2. The van der Waals surface area contributed by atoms with Gasteiger partial charge in [0.2, 0.25) is 11.8 Å². The first-order valence-electron chi connectivity index (χ1n) is 8.80. The summed E-state index contributed by atoms with van der Waals surface area (Å²) in [4.78, 5) is 27.1. The van der Waals surface area contributed by atoms with Gasteiger partial charge in [-0.2, -0.15) is 5.10 Å². The number of aryl methyl sites for hydroxylation is 1. The molecule has 1 fully saturated rings. The first-order chi connectivity index (χ1) is 12.1. The number of hydrogen-bond donors (Lipinski definition) is 1. The Kier molecular flexibility index (Phi) is 4.03. The van der Waals surface area contributed by atoms with Crippen molar-refractivity contribution >= 4 is 17.5 Å². The molecule has 0 radical (unpaired) electrons. The van der Waals surface area contributed by atoms with E-state index in [0.29, 0.717) is 6.54 Å². The number of hydrogen-bond acceptors (Lipinski definition) is 3. The Hall–Kier alpha value is -2.63. The molecular weight excluding hydrogens is 316 g/mol. The number of para-hydroxylation sites is 1. The molecule has 0 unspecified atom stereocenters. The molecule has 0 bridgehead atoms. The summed E-state index contributed by atoms with van der Waals surface area (Å²) in [5.41, 5.74) is 2.88. The molecule has 1 aromatic carbocycles. The number of anilines is 1. The fourth-order valence-electron chi connectivity index (χ4n) is 3.91. The lowest BCUT2D eigenvalue weighted by Crippen LogP contribution is -2.39. The Bertz CT molecular complexity index is 813. The summed E-state index contributed by atoms with van der Waals surface area (Å²) in [5, 5.41) is 7.21. The maximum atomic E-state index is 12.9. The smallest absolute Gasteiger partial charge is 0.232 e. The summed E-state index contributed by atoms with van der Waals surface area (Å²) in [5.74, 6) is -0.395. The van der Waals surface area contributed by atoms with Crippen LogP contribution in [0, 0.1) is 6.92 Å². The first kappa shape index (κ1) is 15.9. The number of benzene rings is 1. The van der Waals surface area contributed by atoms with Crippen LogP contribution < -0.4 is 5.32 Å². The predicted octanol–water partition coefficient (Wildman–Crippen LogP) is 2.31. The fraction of sp³-hybridized carbons (Fsp3) is 0.421. The normalized spacial score (nSPS) is 22.1. The average molecular weight is 338 g/mol. The van der Waals surface area contributed by atoms with Gasteiger partial charge in [0.05, 0.1) is 24.7 Å². The second kappa shape index (κ2) is 6.35. The topological polar surface area (TPSA) is 67.2 Å². The molecule has 0 spiro atoms. The van der Waals surface area contributed by atoms with Gasteiger partial charge in [-0.1, -0.05) is 18.2 Å². The highest BCUT2D eigenvalue weighted by Crippen LogP contribution is 2.35. The van der Waals surface area contributed by atoms with Crippen molar-refractivity contribution in [1.29, 1.82) is 0 Å². The van der Waals surface area contributed by atoms with Gasteiger partial charge in [-0.25, -0.2) is 0 Å². The van der Waals surface area contributed by atoms with Crippen molar-refractivity contribution in [1.82, 2.24) is 14.7 Å². The Balaban J connectivity index is 1.46. The van der Waals surface area contributed by atoms with Crippen LogP contribution in [0.15, 0.2) is 36.7 Å². The molecule has 6 nitrogen and oxygen atoms in total. The summed E-state index contributed by atoms with van der Waals surface area (Å²) < 4.78 is 1.91. The number of likely N-dealkylation sites (tertiary alicyclic amines) is 1. The highest BCUT2D eigenvalue weighted by atomic mass is 16.2. The van der Waals surface area contributed by atoms with Crippen LogP contribution in [0.25, 0.3) is 0 Å². The molecule has 2 aliphatic rings. The van der Waals surface area contributed by atoms with E-state index in [1.165, 1.54) is 0 Å². The maximum absolute atomic E-state index is 12.9. The zero-order valence-electron chi connectivity index (χ0n) is 14.3. The number of nitrogens with one attached hydrogen (secondary N) is 1. The lowest BCUT2D eigenvalue weighted by atomic mass is 9.96. The third kappa shape index (κ3) is 3.04. The van der Waals surface area contributed by atoms with E-state index in [2.05, 4.69) is 10.4 Å². The van der Waals surface area contributed by atoms with Crippen LogP contribution in [0.1, 0.15) is 36.3 Å². The molecule has 0 aliphatic carbocycles. The van der Waals surface area contributed by atoms with Crippen molar-refractivity contribution in [2.24, 2.45) is 0 Å². The molecule has 1 N–H and O–H groups in total. The second-order valence-corrected chi connectivity index (χ2v) is 6.96. The van der Waals surface area contributed by atoms with Gasteiger partial charge in [-0.15, -0.1) is 0 Å². The van der Waals surface area contributed by atoms with E-state index in [9.17, 15) is 9.59 Å². The lowest BCUT2D eigenvalue weighted by Gasteiger charge is -2.25. The quantitative estimate of drug-likeness (QED) is 0.930. The summed E-state index contributed by atoms with van der Waals surface area (Å²) in [6.45, 7) is 3.49. The zero-order valence-corrected chi connectivity index (χ0v) is 14.3. The minimum absolute atomic E-state index is 0.0585. The molecule has 1 aromatic heterocycles. The first-order valence-corrected chi connectivity index (χ1v) is 8.80. The van der Waals surface area contributed by atoms with Crippen LogP contribution in [-0.2, 0) is 16.1 Å². The lowest BCUT2D eigenvalue weighted by molar-refractivity contribution is -0.134. The molecule has 3 heterocycles. The standard InChI is InChI=1S/C19H22N4O2/c1-13-10-20-22(11-13)12-14-5-4-8-23(14)18(24)9-16-15-6-2-3-7-17(15)21-19(16)25/h2-3,6-7,10-11,14,16H,4-5,8-9,12H2,1H3,(H,21,25)/t14-,16-/m1/s1. The van der Waals surface area contributed by atoms with Gasteiger partial charge in [0.15, 0.2) is 0 Å². The Labute approximate surface area is 146 Å². The van der Waals surface area contributed by atoms with Crippen LogP contribution in [0.2, 0.25) is 0 Å². The number of fused-ring (bicyclic) bond motifs is 1. The predicted molar refractivity (Wildman–Crippen MR) is 94.1 cm³/mol. The number of rotatable bonds is 4. The third-order valence-electron chi connectivity index (χ3n) is 5.15. The van der Waals surface area contributed by atoms with Gasteiger partial charge in [0, 0.05) is 24.8 Å². The molecule has 2 aromatic rings. The fourth-order valence-corrected chi connectivity index (χ4v) is 3.91. The van der Waals surface area contributed by atoms with Gasteiger partial charge >= 0.3 is 0 Å². The van der Waals surface area contributed by atoms with Gasteiger partial charge in [0.25, 0.3) is 0 Å². The highest BCUT2D eigenvalue weighted by Gasteiger charge is 2.36. The van der Waals surface area contributed by atoms with E-state index < -0.39 is 0 Å². The van der Waals surface area contributed by atoms with Crippen LogP contribution in [0.3, 0.4) is 0 Å². The largest absolute Gasteiger partial charge is 0.338 e. The molecular formula is C19H22N4O2. The summed E-state index contributed by atoms with van der Waals surface area (Å²) >= 11 is 0. The van der Waals surface area contributed by atoms with Crippen molar-refractivity contribution in [2.45, 2.75) is 44.7 Å². The van der Waals surface area contributed by atoms with E-state index in [1.54, 1.807) is 0 Å². The Morgan fingerprint density at radius 2 is 2.20 bits per heavy atom. The number of nitrogens with zero attached hydrogens (tertiary/aromatic N) is 3. The third-order valence-corrected chi connectivity index (χ3v) is 5.15. The molecule has 130 valence electrons. The molecule has 6 heteroatoms. The van der Waals surface area contributed by atoms with Crippen molar-refractivity contribution in [3.8, 4) is 0 Å². The minimum Gasteiger partial charge on any atom is -0.338 e. The highest BCUT2D eigenvalue weighted by molar-refractivity contribution is 6.04. The van der Waals surface area contributed by atoms with E-state index in [-0.39, 0.29) is 30.2 Å².